The molecule has 0 aromatic carbocycles. The summed E-state index contributed by atoms with van der Waals surface area (Å²) in [6.07, 6.45) is 9.21. The molecule has 0 aliphatic heterocycles. The summed E-state index contributed by atoms with van der Waals surface area (Å²) in [5, 5.41) is 11.9. The SMILES string of the molecule is C#CCNC(C(=O)O)c1cncn1CCC. The van der Waals surface area contributed by atoms with Crippen LogP contribution in [0.15, 0.2) is 12.5 Å². The number of hydrogen-bond donors (Lipinski definition) is 2. The fourth-order valence-electron chi connectivity index (χ4n) is 1.48. The highest BCUT2D eigenvalue weighted by atomic mass is 16.4. The molecule has 0 saturated heterocycles. The van der Waals surface area contributed by atoms with Crippen LogP contribution in [0.25, 0.3) is 0 Å². The molecule has 86 valence electrons. The summed E-state index contributed by atoms with van der Waals surface area (Å²) < 4.78 is 1.82. The van der Waals surface area contributed by atoms with Crippen LogP contribution in [-0.2, 0) is 11.3 Å². The summed E-state index contributed by atoms with van der Waals surface area (Å²) in [5.41, 5.74) is 0.629. The lowest BCUT2D eigenvalue weighted by molar-refractivity contribution is -0.139. The second-order valence-corrected chi connectivity index (χ2v) is 3.37. The van der Waals surface area contributed by atoms with Gasteiger partial charge in [0.25, 0.3) is 0 Å². The van der Waals surface area contributed by atoms with Crippen LogP contribution in [0.4, 0.5) is 0 Å². The molecule has 0 aliphatic carbocycles. The van der Waals surface area contributed by atoms with E-state index in [4.69, 9.17) is 11.5 Å². The maximum atomic E-state index is 11.1. The van der Waals surface area contributed by atoms with Gasteiger partial charge in [-0.15, -0.1) is 6.42 Å². The Labute approximate surface area is 94.5 Å². The van der Waals surface area contributed by atoms with E-state index in [1.165, 1.54) is 0 Å². The van der Waals surface area contributed by atoms with Gasteiger partial charge in [0.15, 0.2) is 0 Å². The van der Waals surface area contributed by atoms with Crippen molar-refractivity contribution in [3.05, 3.63) is 18.2 Å². The minimum Gasteiger partial charge on any atom is -0.480 e. The molecular formula is C11H15N3O2. The Kier molecular flexibility index (Phi) is 4.55. The van der Waals surface area contributed by atoms with E-state index in [2.05, 4.69) is 16.2 Å². The number of aromatic nitrogens is 2. The highest BCUT2D eigenvalue weighted by molar-refractivity contribution is 5.74. The fraction of sp³-hybridized carbons (Fsp3) is 0.455. The Morgan fingerprint density at radius 2 is 2.56 bits per heavy atom. The van der Waals surface area contributed by atoms with Crippen molar-refractivity contribution in [1.82, 2.24) is 14.9 Å². The van der Waals surface area contributed by atoms with Crippen molar-refractivity contribution in [3.63, 3.8) is 0 Å². The molecule has 2 N–H and O–H groups in total. The smallest absolute Gasteiger partial charge is 0.326 e. The van der Waals surface area contributed by atoms with E-state index in [1.54, 1.807) is 12.5 Å². The number of carboxylic acid groups (broad SMARTS) is 1. The molecule has 5 nitrogen and oxygen atoms in total. The molecule has 1 atom stereocenters. The van der Waals surface area contributed by atoms with Gasteiger partial charge in [0.05, 0.1) is 24.8 Å². The van der Waals surface area contributed by atoms with Crippen molar-refractivity contribution in [3.8, 4) is 12.3 Å². The monoisotopic (exact) mass is 221 g/mol. The normalized spacial score (nSPS) is 12.0. The third-order valence-electron chi connectivity index (χ3n) is 2.16. The van der Waals surface area contributed by atoms with E-state index in [9.17, 15) is 4.79 Å². The van der Waals surface area contributed by atoms with Crippen molar-refractivity contribution >= 4 is 5.97 Å². The predicted octanol–water partition coefficient (Wildman–Crippen LogP) is 0.642. The number of nitrogens with one attached hydrogen (secondary N) is 1. The maximum Gasteiger partial charge on any atom is 0.326 e. The fourth-order valence-corrected chi connectivity index (χ4v) is 1.48. The molecule has 1 rings (SSSR count). The van der Waals surface area contributed by atoms with Gasteiger partial charge in [0.1, 0.15) is 6.04 Å². The summed E-state index contributed by atoms with van der Waals surface area (Å²) in [5.74, 6) is 1.41. The second-order valence-electron chi connectivity index (χ2n) is 3.37. The van der Waals surface area contributed by atoms with Gasteiger partial charge in [0, 0.05) is 6.54 Å². The molecule has 1 heterocycles. The third-order valence-corrected chi connectivity index (χ3v) is 2.16. The van der Waals surface area contributed by atoms with Gasteiger partial charge >= 0.3 is 5.97 Å². The number of rotatable bonds is 6. The zero-order valence-electron chi connectivity index (χ0n) is 9.18. The van der Waals surface area contributed by atoms with Crippen LogP contribution in [0.1, 0.15) is 25.1 Å². The first-order chi connectivity index (χ1) is 7.70. The van der Waals surface area contributed by atoms with Crippen LogP contribution >= 0.6 is 0 Å². The molecule has 0 fully saturated rings. The van der Waals surface area contributed by atoms with Gasteiger partial charge in [0.2, 0.25) is 0 Å². The number of imidazole rings is 1. The highest BCUT2D eigenvalue weighted by Crippen LogP contribution is 2.13. The average Bonchev–Trinajstić information content (AvgIpc) is 2.67. The number of carboxylic acids is 1. The summed E-state index contributed by atoms with van der Waals surface area (Å²) in [6, 6.07) is -0.801. The first-order valence-corrected chi connectivity index (χ1v) is 5.10. The van der Waals surface area contributed by atoms with Gasteiger partial charge < -0.3 is 9.67 Å². The lowest BCUT2D eigenvalue weighted by atomic mass is 10.2. The van der Waals surface area contributed by atoms with Gasteiger partial charge in [-0.05, 0) is 6.42 Å². The van der Waals surface area contributed by atoms with Crippen LogP contribution < -0.4 is 5.32 Å². The Bertz CT molecular complexity index is 392. The van der Waals surface area contributed by atoms with Crippen LogP contribution in [0, 0.1) is 12.3 Å². The Balaban J connectivity index is 2.88. The van der Waals surface area contributed by atoms with E-state index in [-0.39, 0.29) is 6.54 Å². The number of nitrogens with zero attached hydrogens (tertiary/aromatic N) is 2. The number of hydrogen-bond acceptors (Lipinski definition) is 3. The van der Waals surface area contributed by atoms with E-state index in [0.29, 0.717) is 5.69 Å². The predicted molar refractivity (Wildman–Crippen MR) is 59.7 cm³/mol. The zero-order chi connectivity index (χ0) is 12.0. The molecule has 0 spiro atoms. The van der Waals surface area contributed by atoms with Crippen LogP contribution in [0.5, 0.6) is 0 Å². The second kappa shape index (κ2) is 5.93. The van der Waals surface area contributed by atoms with Crippen molar-refractivity contribution in [2.75, 3.05) is 6.54 Å². The molecule has 0 aliphatic rings. The first kappa shape index (κ1) is 12.3. The summed E-state index contributed by atoms with van der Waals surface area (Å²) >= 11 is 0. The molecule has 0 amide bonds. The number of aryl methyl sites for hydroxylation is 1. The topological polar surface area (TPSA) is 67.2 Å². The summed E-state index contributed by atoms with van der Waals surface area (Å²) in [6.45, 7) is 2.99. The molecule has 1 aromatic rings. The molecule has 1 aromatic heterocycles. The van der Waals surface area contributed by atoms with E-state index >= 15 is 0 Å². The Hall–Kier alpha value is -1.80. The molecule has 1 unspecified atom stereocenters. The molecular weight excluding hydrogens is 206 g/mol. The van der Waals surface area contributed by atoms with Crippen molar-refractivity contribution in [2.24, 2.45) is 0 Å². The third kappa shape index (κ3) is 2.84. The highest BCUT2D eigenvalue weighted by Gasteiger charge is 2.22. The largest absolute Gasteiger partial charge is 0.480 e. The lowest BCUT2D eigenvalue weighted by Gasteiger charge is -2.14. The van der Waals surface area contributed by atoms with E-state index in [1.807, 2.05) is 11.5 Å². The van der Waals surface area contributed by atoms with Gasteiger partial charge in [-0.25, -0.2) is 4.98 Å². The van der Waals surface area contributed by atoms with E-state index < -0.39 is 12.0 Å². The first-order valence-electron chi connectivity index (χ1n) is 5.10. The van der Waals surface area contributed by atoms with Crippen molar-refractivity contribution in [2.45, 2.75) is 25.9 Å². The maximum absolute atomic E-state index is 11.1. The quantitative estimate of drug-likeness (QED) is 0.692. The van der Waals surface area contributed by atoms with Crippen LogP contribution in [0.3, 0.4) is 0 Å². The van der Waals surface area contributed by atoms with Crippen LogP contribution in [0.2, 0.25) is 0 Å². The van der Waals surface area contributed by atoms with Crippen molar-refractivity contribution in [1.29, 1.82) is 0 Å². The molecule has 0 radical (unpaired) electrons. The number of aliphatic carboxylic acids is 1. The number of carbonyl (C=O) groups is 1. The molecule has 5 heteroatoms. The standard InChI is InChI=1S/C11H15N3O2/c1-3-5-13-10(11(15)16)9-7-12-8-14(9)6-4-2/h1,7-8,10,13H,4-6H2,2H3,(H,15,16). The summed E-state index contributed by atoms with van der Waals surface area (Å²) in [4.78, 5) is 15.0. The minimum absolute atomic E-state index is 0.217. The van der Waals surface area contributed by atoms with E-state index in [0.717, 1.165) is 13.0 Å². The van der Waals surface area contributed by atoms with Gasteiger partial charge in [-0.1, -0.05) is 12.8 Å². The lowest BCUT2D eigenvalue weighted by Crippen LogP contribution is -2.30. The zero-order valence-corrected chi connectivity index (χ0v) is 9.18. The minimum atomic E-state index is -0.951. The molecule has 0 bridgehead atoms. The average molecular weight is 221 g/mol. The molecule has 0 saturated carbocycles. The van der Waals surface area contributed by atoms with Crippen LogP contribution in [-0.4, -0.2) is 27.2 Å². The van der Waals surface area contributed by atoms with Gasteiger partial charge in [-0.2, -0.15) is 0 Å². The number of terminal acetylenes is 1. The van der Waals surface area contributed by atoms with Crippen molar-refractivity contribution < 1.29 is 9.90 Å². The Morgan fingerprint density at radius 1 is 1.81 bits per heavy atom. The van der Waals surface area contributed by atoms with Gasteiger partial charge in [-0.3, -0.25) is 10.1 Å². The Morgan fingerprint density at radius 3 is 3.12 bits per heavy atom. The molecule has 16 heavy (non-hydrogen) atoms. The summed E-state index contributed by atoms with van der Waals surface area (Å²) in [7, 11) is 0.